The summed E-state index contributed by atoms with van der Waals surface area (Å²) in [4.78, 5) is 18.1. The van der Waals surface area contributed by atoms with Crippen molar-refractivity contribution >= 4 is 6.03 Å². The Morgan fingerprint density at radius 3 is 2.11 bits per heavy atom. The summed E-state index contributed by atoms with van der Waals surface area (Å²) >= 11 is 0. The van der Waals surface area contributed by atoms with Crippen molar-refractivity contribution in [3.63, 3.8) is 0 Å². The van der Waals surface area contributed by atoms with Gasteiger partial charge in [0.2, 0.25) is 0 Å². The third-order valence-electron chi connectivity index (χ3n) is 2.95. The largest absolute Gasteiger partial charge is 0.329 e. The van der Waals surface area contributed by atoms with Crippen molar-refractivity contribution in [1.29, 1.82) is 0 Å². The Labute approximate surface area is 110 Å². The van der Waals surface area contributed by atoms with Crippen LogP contribution in [0.25, 0.3) is 0 Å². The topological polar surface area (TPSA) is 38.1 Å². The van der Waals surface area contributed by atoms with Crippen LogP contribution < -0.4 is 0 Å². The molecule has 18 heavy (non-hydrogen) atoms. The number of aromatic nitrogens is 2. The minimum atomic E-state index is 0.0359. The van der Waals surface area contributed by atoms with Crippen LogP contribution in [-0.4, -0.2) is 33.6 Å². The van der Waals surface area contributed by atoms with Gasteiger partial charge in [0.15, 0.2) is 0 Å². The minimum absolute atomic E-state index is 0.0359. The van der Waals surface area contributed by atoms with Gasteiger partial charge in [-0.2, -0.15) is 0 Å². The van der Waals surface area contributed by atoms with Crippen molar-refractivity contribution < 1.29 is 4.79 Å². The van der Waals surface area contributed by atoms with Gasteiger partial charge in [0.1, 0.15) is 6.33 Å². The third kappa shape index (κ3) is 4.90. The van der Waals surface area contributed by atoms with E-state index in [0.29, 0.717) is 11.8 Å². The van der Waals surface area contributed by atoms with E-state index in [4.69, 9.17) is 0 Å². The fourth-order valence-corrected chi connectivity index (χ4v) is 1.67. The summed E-state index contributed by atoms with van der Waals surface area (Å²) in [6.45, 7) is 10.4. The Kier molecular flexibility index (Phi) is 5.89. The summed E-state index contributed by atoms with van der Waals surface area (Å²) in [5.74, 6) is 1.23. The van der Waals surface area contributed by atoms with E-state index in [1.807, 2.05) is 4.90 Å². The average molecular weight is 251 g/mol. The number of amides is 1. The molecule has 0 spiro atoms. The van der Waals surface area contributed by atoms with Crippen LogP contribution in [0.5, 0.6) is 0 Å². The van der Waals surface area contributed by atoms with E-state index in [1.165, 1.54) is 0 Å². The summed E-state index contributed by atoms with van der Waals surface area (Å²) in [5.41, 5.74) is 0. The fourth-order valence-electron chi connectivity index (χ4n) is 1.67. The predicted octanol–water partition coefficient (Wildman–Crippen LogP) is 3.25. The number of hydrogen-bond acceptors (Lipinski definition) is 2. The number of carbonyl (C=O) groups is 1. The molecule has 4 nitrogen and oxygen atoms in total. The summed E-state index contributed by atoms with van der Waals surface area (Å²) in [5, 5.41) is 0. The molecule has 1 amide bonds. The molecule has 0 aliphatic heterocycles. The molecule has 0 saturated carbocycles. The highest BCUT2D eigenvalue weighted by Crippen LogP contribution is 2.08. The smallest absolute Gasteiger partial charge is 0.324 e. The van der Waals surface area contributed by atoms with Crippen molar-refractivity contribution in [3.05, 3.63) is 18.7 Å². The predicted molar refractivity (Wildman–Crippen MR) is 73.5 cm³/mol. The molecular formula is C14H25N3O. The van der Waals surface area contributed by atoms with Crippen LogP contribution in [0.2, 0.25) is 0 Å². The molecule has 1 aromatic rings. The molecule has 0 aliphatic rings. The van der Waals surface area contributed by atoms with Crippen molar-refractivity contribution in [1.82, 2.24) is 14.5 Å². The lowest BCUT2D eigenvalue weighted by Crippen LogP contribution is -2.36. The molecule has 1 aromatic heterocycles. The van der Waals surface area contributed by atoms with E-state index >= 15 is 0 Å². The average Bonchev–Trinajstić information content (AvgIpc) is 2.81. The highest BCUT2D eigenvalue weighted by atomic mass is 16.2. The van der Waals surface area contributed by atoms with Crippen molar-refractivity contribution in [2.75, 3.05) is 13.1 Å². The lowest BCUT2D eigenvalue weighted by Gasteiger charge is -2.24. The maximum Gasteiger partial charge on any atom is 0.329 e. The molecule has 1 rings (SSSR count). The second-order valence-electron chi connectivity index (χ2n) is 5.60. The van der Waals surface area contributed by atoms with Crippen LogP contribution in [0.15, 0.2) is 18.7 Å². The van der Waals surface area contributed by atoms with Gasteiger partial charge in [-0.3, -0.25) is 4.57 Å². The number of rotatable bonds is 6. The first-order valence-electron chi connectivity index (χ1n) is 6.78. The normalized spacial score (nSPS) is 11.2. The van der Waals surface area contributed by atoms with Gasteiger partial charge >= 0.3 is 6.03 Å². The van der Waals surface area contributed by atoms with Crippen LogP contribution in [0.4, 0.5) is 4.79 Å². The number of hydrogen-bond donors (Lipinski definition) is 0. The molecule has 0 aromatic carbocycles. The quantitative estimate of drug-likeness (QED) is 0.778. The second kappa shape index (κ2) is 7.19. The van der Waals surface area contributed by atoms with Crippen LogP contribution in [-0.2, 0) is 0 Å². The van der Waals surface area contributed by atoms with Gasteiger partial charge < -0.3 is 4.90 Å². The Morgan fingerprint density at radius 2 is 1.72 bits per heavy atom. The number of imidazole rings is 1. The molecule has 0 saturated heterocycles. The summed E-state index contributed by atoms with van der Waals surface area (Å²) in [6.07, 6.45) is 7.00. The molecule has 0 fully saturated rings. The van der Waals surface area contributed by atoms with Crippen LogP contribution in [0.3, 0.4) is 0 Å². The highest BCUT2D eigenvalue weighted by Gasteiger charge is 2.15. The zero-order valence-electron chi connectivity index (χ0n) is 12.0. The van der Waals surface area contributed by atoms with E-state index < -0.39 is 0 Å². The molecule has 4 heteroatoms. The molecule has 0 bridgehead atoms. The standard InChI is InChI=1S/C14H25N3O/c1-12(2)5-8-16(9-6-13(3)4)14(18)17-10-7-15-11-17/h7,10-13H,5-6,8-9H2,1-4H3. The molecule has 0 N–H and O–H groups in total. The Hall–Kier alpha value is -1.32. The van der Waals surface area contributed by atoms with Gasteiger partial charge in [-0.15, -0.1) is 0 Å². The zero-order chi connectivity index (χ0) is 13.5. The van der Waals surface area contributed by atoms with Gasteiger partial charge in [0, 0.05) is 25.5 Å². The highest BCUT2D eigenvalue weighted by molar-refractivity contribution is 5.76. The number of nitrogens with zero attached hydrogens (tertiary/aromatic N) is 3. The monoisotopic (exact) mass is 251 g/mol. The molecule has 102 valence electrons. The molecular weight excluding hydrogens is 226 g/mol. The van der Waals surface area contributed by atoms with E-state index in [9.17, 15) is 4.79 Å². The van der Waals surface area contributed by atoms with Crippen molar-refractivity contribution in [2.24, 2.45) is 11.8 Å². The van der Waals surface area contributed by atoms with Gasteiger partial charge in [-0.05, 0) is 24.7 Å². The fraction of sp³-hybridized carbons (Fsp3) is 0.714. The second-order valence-corrected chi connectivity index (χ2v) is 5.60. The first kappa shape index (κ1) is 14.7. The van der Waals surface area contributed by atoms with Crippen molar-refractivity contribution in [3.8, 4) is 0 Å². The lowest BCUT2D eigenvalue weighted by molar-refractivity contribution is 0.193. The van der Waals surface area contributed by atoms with E-state index in [0.717, 1.165) is 25.9 Å². The van der Waals surface area contributed by atoms with Crippen LogP contribution in [0, 0.1) is 11.8 Å². The maximum atomic E-state index is 12.3. The van der Waals surface area contributed by atoms with Crippen LogP contribution in [0.1, 0.15) is 40.5 Å². The van der Waals surface area contributed by atoms with E-state index in [2.05, 4.69) is 32.7 Å². The summed E-state index contributed by atoms with van der Waals surface area (Å²) in [7, 11) is 0. The van der Waals surface area contributed by atoms with E-state index in [-0.39, 0.29) is 6.03 Å². The molecule has 0 radical (unpaired) electrons. The molecule has 0 unspecified atom stereocenters. The SMILES string of the molecule is CC(C)CCN(CCC(C)C)C(=O)n1ccnc1. The van der Waals surface area contributed by atoms with Crippen LogP contribution >= 0.6 is 0 Å². The maximum absolute atomic E-state index is 12.3. The van der Waals surface area contributed by atoms with Gasteiger partial charge in [0.25, 0.3) is 0 Å². The molecule has 0 aliphatic carbocycles. The Morgan fingerprint density at radius 1 is 1.17 bits per heavy atom. The third-order valence-corrected chi connectivity index (χ3v) is 2.95. The summed E-state index contributed by atoms with van der Waals surface area (Å²) in [6, 6.07) is 0.0359. The van der Waals surface area contributed by atoms with Crippen molar-refractivity contribution in [2.45, 2.75) is 40.5 Å². The molecule has 0 atom stereocenters. The van der Waals surface area contributed by atoms with Gasteiger partial charge in [0.05, 0.1) is 0 Å². The first-order valence-corrected chi connectivity index (χ1v) is 6.78. The number of carbonyl (C=O) groups excluding carboxylic acids is 1. The first-order chi connectivity index (χ1) is 8.50. The minimum Gasteiger partial charge on any atom is -0.324 e. The Balaban J connectivity index is 2.60. The molecule has 1 heterocycles. The zero-order valence-corrected chi connectivity index (χ0v) is 12.0. The summed E-state index contributed by atoms with van der Waals surface area (Å²) < 4.78 is 1.56. The van der Waals surface area contributed by atoms with Gasteiger partial charge in [-0.1, -0.05) is 27.7 Å². The van der Waals surface area contributed by atoms with E-state index in [1.54, 1.807) is 23.3 Å². The Bertz CT molecular complexity index is 332. The lowest BCUT2D eigenvalue weighted by atomic mass is 10.1. The van der Waals surface area contributed by atoms with Gasteiger partial charge in [-0.25, -0.2) is 9.78 Å².